The average Bonchev–Trinajstić information content (AvgIpc) is 2.46. The summed E-state index contributed by atoms with van der Waals surface area (Å²) in [5, 5.41) is 0.761. The summed E-state index contributed by atoms with van der Waals surface area (Å²) in [7, 11) is -3.24. The van der Waals surface area contributed by atoms with Crippen LogP contribution in [0.15, 0.2) is 29.4 Å². The van der Waals surface area contributed by atoms with Crippen LogP contribution in [0.4, 0.5) is 5.82 Å². The van der Waals surface area contributed by atoms with Crippen molar-refractivity contribution in [3.63, 3.8) is 0 Å². The van der Waals surface area contributed by atoms with Gasteiger partial charge in [0, 0.05) is 24.7 Å². The fourth-order valence-electron chi connectivity index (χ4n) is 2.28. The van der Waals surface area contributed by atoms with Gasteiger partial charge in [-0.3, -0.25) is 0 Å². The predicted molar refractivity (Wildman–Crippen MR) is 75.7 cm³/mol. The lowest BCUT2D eigenvalue weighted by Crippen LogP contribution is -2.36. The van der Waals surface area contributed by atoms with Crippen LogP contribution in [0.5, 0.6) is 0 Å². The minimum atomic E-state index is -3.24. The average molecular weight is 293 g/mol. The smallest absolute Gasteiger partial charge is 0.175 e. The number of sulfone groups is 1. The first-order valence-electron chi connectivity index (χ1n) is 6.33. The molecule has 1 aromatic carbocycles. The van der Waals surface area contributed by atoms with Gasteiger partial charge in [-0.25, -0.2) is 18.4 Å². The van der Waals surface area contributed by atoms with Gasteiger partial charge in [0.2, 0.25) is 0 Å². The summed E-state index contributed by atoms with van der Waals surface area (Å²) in [4.78, 5) is 10.9. The Bertz CT molecular complexity index is 740. The lowest BCUT2D eigenvalue weighted by molar-refractivity contribution is 0.122. The van der Waals surface area contributed by atoms with E-state index >= 15 is 0 Å². The number of anilines is 1. The summed E-state index contributed by atoms with van der Waals surface area (Å²) >= 11 is 0. The summed E-state index contributed by atoms with van der Waals surface area (Å²) in [6.45, 7) is 2.79. The van der Waals surface area contributed by atoms with E-state index in [1.807, 2.05) is 0 Å². The number of hydrogen-bond acceptors (Lipinski definition) is 6. The molecular weight excluding hydrogens is 278 g/mol. The van der Waals surface area contributed by atoms with Crippen molar-refractivity contribution in [1.82, 2.24) is 9.97 Å². The Kier molecular flexibility index (Phi) is 3.31. The second-order valence-electron chi connectivity index (χ2n) is 4.75. The second-order valence-corrected chi connectivity index (χ2v) is 6.76. The first-order valence-corrected chi connectivity index (χ1v) is 8.22. The summed E-state index contributed by atoms with van der Waals surface area (Å²) in [6.07, 6.45) is 2.71. The molecule has 2 aromatic rings. The summed E-state index contributed by atoms with van der Waals surface area (Å²) < 4.78 is 28.7. The Balaban J connectivity index is 2.16. The first-order chi connectivity index (χ1) is 9.55. The van der Waals surface area contributed by atoms with Crippen molar-refractivity contribution in [2.75, 3.05) is 37.5 Å². The Morgan fingerprint density at radius 3 is 2.65 bits per heavy atom. The summed E-state index contributed by atoms with van der Waals surface area (Å²) in [5.41, 5.74) is 0.744. The number of benzene rings is 1. The zero-order chi connectivity index (χ0) is 14.2. The minimum Gasteiger partial charge on any atom is -0.378 e. The molecule has 0 saturated carbocycles. The molecule has 1 fully saturated rings. The predicted octanol–water partition coefficient (Wildman–Crippen LogP) is 0.870. The number of fused-ring (bicyclic) bond motifs is 1. The lowest BCUT2D eigenvalue weighted by Gasteiger charge is -2.28. The van der Waals surface area contributed by atoms with Crippen LogP contribution in [-0.2, 0) is 14.6 Å². The highest BCUT2D eigenvalue weighted by molar-refractivity contribution is 7.90. The topological polar surface area (TPSA) is 72.4 Å². The van der Waals surface area contributed by atoms with Gasteiger partial charge < -0.3 is 9.64 Å². The highest BCUT2D eigenvalue weighted by Gasteiger charge is 2.17. The summed E-state index contributed by atoms with van der Waals surface area (Å²) in [5.74, 6) is 0.767. The van der Waals surface area contributed by atoms with Crippen molar-refractivity contribution in [3.05, 3.63) is 24.5 Å². The monoisotopic (exact) mass is 293 g/mol. The molecule has 7 heteroatoms. The van der Waals surface area contributed by atoms with Crippen LogP contribution in [0.25, 0.3) is 10.9 Å². The lowest BCUT2D eigenvalue weighted by atomic mass is 10.2. The number of hydrogen-bond donors (Lipinski definition) is 0. The largest absolute Gasteiger partial charge is 0.378 e. The van der Waals surface area contributed by atoms with Gasteiger partial charge in [0.05, 0.1) is 23.6 Å². The molecule has 0 bridgehead atoms. The van der Waals surface area contributed by atoms with Crippen molar-refractivity contribution in [1.29, 1.82) is 0 Å². The van der Waals surface area contributed by atoms with Crippen molar-refractivity contribution >= 4 is 26.6 Å². The maximum Gasteiger partial charge on any atom is 0.175 e. The third-order valence-electron chi connectivity index (χ3n) is 3.32. The van der Waals surface area contributed by atoms with E-state index in [9.17, 15) is 8.42 Å². The molecule has 1 aliphatic rings. The molecule has 0 atom stereocenters. The molecule has 1 aromatic heterocycles. The maximum absolute atomic E-state index is 11.7. The number of ether oxygens (including phenoxy) is 1. The Hall–Kier alpha value is -1.73. The van der Waals surface area contributed by atoms with E-state index < -0.39 is 9.84 Å². The molecule has 0 unspecified atom stereocenters. The molecule has 0 aliphatic carbocycles. The number of nitrogens with zero attached hydrogens (tertiary/aromatic N) is 3. The zero-order valence-electron chi connectivity index (χ0n) is 11.1. The van der Waals surface area contributed by atoms with E-state index in [2.05, 4.69) is 14.9 Å². The van der Waals surface area contributed by atoms with E-state index in [4.69, 9.17) is 4.74 Å². The van der Waals surface area contributed by atoms with Crippen LogP contribution in [0.3, 0.4) is 0 Å². The van der Waals surface area contributed by atoms with Crippen LogP contribution >= 0.6 is 0 Å². The molecule has 0 spiro atoms. The Morgan fingerprint density at radius 2 is 1.95 bits per heavy atom. The second kappa shape index (κ2) is 4.99. The van der Waals surface area contributed by atoms with Gasteiger partial charge >= 0.3 is 0 Å². The summed E-state index contributed by atoms with van der Waals surface area (Å²) in [6, 6.07) is 4.95. The van der Waals surface area contributed by atoms with Crippen molar-refractivity contribution in [2.45, 2.75) is 4.90 Å². The number of aromatic nitrogens is 2. The normalized spacial score (nSPS) is 16.6. The number of morpholine rings is 1. The Labute approximate surface area is 117 Å². The molecule has 2 heterocycles. The van der Waals surface area contributed by atoms with Gasteiger partial charge in [-0.05, 0) is 18.2 Å². The third kappa shape index (κ3) is 2.46. The highest BCUT2D eigenvalue weighted by atomic mass is 32.2. The van der Waals surface area contributed by atoms with Gasteiger partial charge in [0.15, 0.2) is 9.84 Å². The van der Waals surface area contributed by atoms with Gasteiger partial charge in [-0.15, -0.1) is 0 Å². The first kappa shape index (κ1) is 13.3. The molecule has 0 N–H and O–H groups in total. The number of rotatable bonds is 2. The quantitative estimate of drug-likeness (QED) is 0.818. The van der Waals surface area contributed by atoms with Crippen LogP contribution in [0, 0.1) is 0 Å². The molecule has 1 saturated heterocycles. The van der Waals surface area contributed by atoms with E-state index in [0.29, 0.717) is 13.2 Å². The van der Waals surface area contributed by atoms with E-state index in [0.717, 1.165) is 29.8 Å². The third-order valence-corrected chi connectivity index (χ3v) is 4.43. The molecule has 0 amide bonds. The van der Waals surface area contributed by atoms with E-state index in [1.165, 1.54) is 12.6 Å². The highest BCUT2D eigenvalue weighted by Crippen LogP contribution is 2.26. The molecule has 0 radical (unpaired) electrons. The van der Waals surface area contributed by atoms with Gasteiger partial charge in [0.1, 0.15) is 12.1 Å². The van der Waals surface area contributed by atoms with Crippen LogP contribution in [-0.4, -0.2) is 50.9 Å². The molecule has 20 heavy (non-hydrogen) atoms. The zero-order valence-corrected chi connectivity index (χ0v) is 11.9. The van der Waals surface area contributed by atoms with Crippen LogP contribution < -0.4 is 4.90 Å². The fraction of sp³-hybridized carbons (Fsp3) is 0.385. The molecule has 6 nitrogen and oxygen atoms in total. The van der Waals surface area contributed by atoms with Crippen LogP contribution in [0.2, 0.25) is 0 Å². The van der Waals surface area contributed by atoms with Gasteiger partial charge in [-0.1, -0.05) is 0 Å². The maximum atomic E-state index is 11.7. The van der Waals surface area contributed by atoms with Crippen molar-refractivity contribution < 1.29 is 13.2 Å². The SMILES string of the molecule is CS(=O)(=O)c1ccc2ncnc(N3CCOCC3)c2c1. The minimum absolute atomic E-state index is 0.286. The van der Waals surface area contributed by atoms with E-state index in [1.54, 1.807) is 18.2 Å². The van der Waals surface area contributed by atoms with E-state index in [-0.39, 0.29) is 4.90 Å². The standard InChI is InChI=1S/C13H15N3O3S/c1-20(17,18)10-2-3-12-11(8-10)13(15-9-14-12)16-4-6-19-7-5-16/h2-3,8-9H,4-7H2,1H3. The molecular formula is C13H15N3O3S. The molecule has 1 aliphatic heterocycles. The van der Waals surface area contributed by atoms with Gasteiger partial charge in [0.25, 0.3) is 0 Å². The fourth-order valence-corrected chi connectivity index (χ4v) is 2.93. The molecule has 3 rings (SSSR count). The molecule has 106 valence electrons. The van der Waals surface area contributed by atoms with Crippen LogP contribution in [0.1, 0.15) is 0 Å². The van der Waals surface area contributed by atoms with Crippen molar-refractivity contribution in [2.24, 2.45) is 0 Å². The van der Waals surface area contributed by atoms with Crippen molar-refractivity contribution in [3.8, 4) is 0 Å². The van der Waals surface area contributed by atoms with Gasteiger partial charge in [-0.2, -0.15) is 0 Å². The Morgan fingerprint density at radius 1 is 1.20 bits per heavy atom.